The normalized spacial score (nSPS) is 15.8. The number of nitrogens with one attached hydrogen (secondary N) is 1. The van der Waals surface area contributed by atoms with Crippen molar-refractivity contribution in [2.24, 2.45) is 0 Å². The molecule has 5 heteroatoms. The summed E-state index contributed by atoms with van der Waals surface area (Å²) in [5.41, 5.74) is 8.89. The summed E-state index contributed by atoms with van der Waals surface area (Å²) in [4.78, 5) is 23.1. The van der Waals surface area contributed by atoms with Crippen LogP contribution in [0, 0.1) is 0 Å². The van der Waals surface area contributed by atoms with E-state index >= 15 is 0 Å². The van der Waals surface area contributed by atoms with Crippen LogP contribution in [0.3, 0.4) is 0 Å². The summed E-state index contributed by atoms with van der Waals surface area (Å²) in [5, 5.41) is 2.37. The van der Waals surface area contributed by atoms with Gasteiger partial charge in [0.2, 0.25) is 11.4 Å². The molecule has 3 heterocycles. The summed E-state index contributed by atoms with van der Waals surface area (Å²) in [6, 6.07) is 29.5. The Kier molecular flexibility index (Phi) is 4.63. The van der Waals surface area contributed by atoms with Crippen LogP contribution in [0.15, 0.2) is 91.0 Å². The van der Waals surface area contributed by atoms with Crippen molar-refractivity contribution >= 4 is 65.8 Å². The van der Waals surface area contributed by atoms with Gasteiger partial charge >= 0.3 is 0 Å². The highest BCUT2D eigenvalue weighted by Gasteiger charge is 2.37. The molecule has 0 saturated carbocycles. The lowest BCUT2D eigenvalue weighted by molar-refractivity contribution is -0.345. The molecule has 0 aliphatic carbocycles. The zero-order valence-electron chi connectivity index (χ0n) is 20.1. The highest BCUT2D eigenvalue weighted by Crippen LogP contribution is 2.44. The van der Waals surface area contributed by atoms with E-state index in [9.17, 15) is 4.79 Å². The molecule has 1 N–H and O–H groups in total. The van der Waals surface area contributed by atoms with Crippen molar-refractivity contribution in [1.82, 2.24) is 4.90 Å². The highest BCUT2D eigenvalue weighted by atomic mass is 32.1. The van der Waals surface area contributed by atoms with Gasteiger partial charge in [-0.25, -0.2) is 4.99 Å². The summed E-state index contributed by atoms with van der Waals surface area (Å²) in [7, 11) is 3.68. The Bertz CT molecular complexity index is 1700. The maximum Gasteiger partial charge on any atom is 0.275 e. The fourth-order valence-corrected chi connectivity index (χ4v) is 6.74. The molecule has 0 saturated heterocycles. The quantitative estimate of drug-likeness (QED) is 0.343. The van der Waals surface area contributed by atoms with E-state index in [-0.39, 0.29) is 5.91 Å². The van der Waals surface area contributed by atoms with E-state index in [1.165, 1.54) is 33.3 Å². The number of nitrogens with zero attached hydrogens (tertiary/aromatic N) is 2. The maximum absolute atomic E-state index is 13.7. The molecule has 0 aromatic heterocycles. The van der Waals surface area contributed by atoms with Crippen molar-refractivity contribution in [1.29, 1.82) is 0 Å². The summed E-state index contributed by atoms with van der Waals surface area (Å²) in [5.74, 6) is 0.0520. The van der Waals surface area contributed by atoms with Crippen molar-refractivity contribution in [3.8, 4) is 0 Å². The van der Waals surface area contributed by atoms with Crippen molar-refractivity contribution in [3.05, 3.63) is 108 Å². The zero-order chi connectivity index (χ0) is 24.4. The van der Waals surface area contributed by atoms with Gasteiger partial charge in [-0.2, -0.15) is 0 Å². The smallest absolute Gasteiger partial charge is 0.275 e. The Hall–Kier alpha value is -4.22. The predicted octanol–water partition coefficient (Wildman–Crippen LogP) is 4.47. The molecular weight excluding hydrogens is 462 g/mol. The SMILES string of the molecule is CCN1C(=O)C(C2=[NH+]c3cccc4cccc2c34)=S=C1C=C1c2ccccc2N(C)c2ccccc21. The van der Waals surface area contributed by atoms with Gasteiger partial charge in [-0.05, 0) is 42.2 Å². The number of benzene rings is 4. The lowest BCUT2D eigenvalue weighted by Gasteiger charge is -2.32. The molecule has 3 aliphatic rings. The van der Waals surface area contributed by atoms with Gasteiger partial charge in [0.1, 0.15) is 0 Å². The number of fused-ring (bicyclic) bond motifs is 2. The van der Waals surface area contributed by atoms with Gasteiger partial charge in [-0.15, -0.1) is 10.9 Å². The number of carbonyl (C=O) groups is 1. The minimum atomic E-state index is 0.0520. The maximum atomic E-state index is 13.7. The molecule has 0 fully saturated rings. The minimum Gasteiger partial charge on any atom is -0.344 e. The van der Waals surface area contributed by atoms with E-state index in [0.29, 0.717) is 6.54 Å². The fourth-order valence-electron chi connectivity index (χ4n) is 5.57. The van der Waals surface area contributed by atoms with Gasteiger partial charge in [-0.3, -0.25) is 9.69 Å². The van der Waals surface area contributed by atoms with Gasteiger partial charge in [0, 0.05) is 42.2 Å². The summed E-state index contributed by atoms with van der Waals surface area (Å²) in [6.45, 7) is 2.65. The Balaban J connectivity index is 1.44. The molecule has 174 valence electrons. The second-order valence-electron chi connectivity index (χ2n) is 9.18. The lowest BCUT2D eigenvalue weighted by atomic mass is 9.90. The number of hydrogen-bond donors (Lipinski definition) is 1. The molecule has 7 rings (SSSR count). The molecule has 0 atom stereocenters. The Morgan fingerprint density at radius 2 is 1.47 bits per heavy atom. The second-order valence-corrected chi connectivity index (χ2v) is 10.2. The molecule has 1 amide bonds. The molecule has 0 spiro atoms. The first kappa shape index (κ1) is 21.1. The Morgan fingerprint density at radius 1 is 0.833 bits per heavy atom. The van der Waals surface area contributed by atoms with Gasteiger partial charge in [0.05, 0.1) is 15.9 Å². The molecule has 4 aromatic rings. The van der Waals surface area contributed by atoms with Crippen molar-refractivity contribution < 1.29 is 9.79 Å². The first-order chi connectivity index (χ1) is 17.7. The monoisotopic (exact) mass is 486 g/mol. The topological polar surface area (TPSA) is 37.5 Å². The zero-order valence-corrected chi connectivity index (χ0v) is 20.9. The lowest BCUT2D eigenvalue weighted by Crippen LogP contribution is -2.67. The van der Waals surface area contributed by atoms with Gasteiger partial charge in [0.15, 0.2) is 4.86 Å². The largest absolute Gasteiger partial charge is 0.344 e. The van der Waals surface area contributed by atoms with Crippen LogP contribution in [0.4, 0.5) is 17.1 Å². The summed E-state index contributed by atoms with van der Waals surface area (Å²) in [6.07, 6.45) is 2.20. The van der Waals surface area contributed by atoms with E-state index in [1.54, 1.807) is 10.9 Å². The van der Waals surface area contributed by atoms with Crippen LogP contribution < -0.4 is 9.89 Å². The Morgan fingerprint density at radius 3 is 2.17 bits per heavy atom. The fraction of sp³-hybridized carbons (Fsp3) is 0.0968. The van der Waals surface area contributed by atoms with Crippen LogP contribution in [0.25, 0.3) is 16.3 Å². The molecule has 0 radical (unpaired) electrons. The number of para-hydroxylation sites is 2. The van der Waals surface area contributed by atoms with E-state index in [2.05, 4.69) is 108 Å². The third-order valence-corrected chi connectivity index (χ3v) is 8.40. The van der Waals surface area contributed by atoms with E-state index in [1.807, 2.05) is 11.8 Å². The molecule has 3 aliphatic heterocycles. The molecule has 4 aromatic carbocycles. The number of anilines is 2. The van der Waals surface area contributed by atoms with Gasteiger partial charge < -0.3 is 4.90 Å². The van der Waals surface area contributed by atoms with Gasteiger partial charge in [0.25, 0.3) is 5.91 Å². The first-order valence-electron chi connectivity index (χ1n) is 12.2. The van der Waals surface area contributed by atoms with Crippen LogP contribution in [-0.4, -0.2) is 40.0 Å². The number of likely N-dealkylation sites (N-methyl/N-ethyl adjacent to an activating group) is 1. The minimum absolute atomic E-state index is 0.0520. The van der Waals surface area contributed by atoms with Crippen molar-refractivity contribution in [3.63, 3.8) is 0 Å². The van der Waals surface area contributed by atoms with Crippen molar-refractivity contribution in [2.75, 3.05) is 18.5 Å². The number of rotatable bonds is 3. The summed E-state index contributed by atoms with van der Waals surface area (Å²) >= 11 is 0. The first-order valence-corrected chi connectivity index (χ1v) is 13.0. The predicted molar refractivity (Wildman–Crippen MR) is 152 cm³/mol. The Labute approximate surface area is 213 Å². The second kappa shape index (κ2) is 7.90. The van der Waals surface area contributed by atoms with E-state index in [4.69, 9.17) is 0 Å². The number of amides is 1. The number of hydrogen-bond acceptors (Lipinski definition) is 2. The average molecular weight is 487 g/mol. The van der Waals surface area contributed by atoms with E-state index in [0.717, 1.165) is 32.4 Å². The van der Waals surface area contributed by atoms with Crippen LogP contribution in [0.2, 0.25) is 0 Å². The molecule has 4 nitrogen and oxygen atoms in total. The standard InChI is InChI=1S/C31H23N3OS/c1-3-34-27(18-23-20-12-4-6-16-25(20)33(2)26-17-7-5-13-21(23)26)36-30(31(34)35)29-22-14-8-10-19-11-9-15-24(32-29)28(19)22/h4-18H,3H2,1-2H3/p+1. The van der Waals surface area contributed by atoms with Crippen LogP contribution in [-0.2, 0) is 4.79 Å². The van der Waals surface area contributed by atoms with Crippen LogP contribution in [0.1, 0.15) is 23.6 Å². The van der Waals surface area contributed by atoms with Crippen molar-refractivity contribution in [2.45, 2.75) is 6.92 Å². The van der Waals surface area contributed by atoms with Crippen LogP contribution >= 0.6 is 10.9 Å². The molecule has 0 unspecified atom stereocenters. The molecular formula is C31H24N3OS+. The van der Waals surface area contributed by atoms with Gasteiger partial charge in [-0.1, -0.05) is 60.7 Å². The molecule has 36 heavy (non-hydrogen) atoms. The third-order valence-electron chi connectivity index (χ3n) is 7.27. The highest BCUT2D eigenvalue weighted by molar-refractivity contribution is 8.01. The summed E-state index contributed by atoms with van der Waals surface area (Å²) < 4.78 is 0. The average Bonchev–Trinajstić information content (AvgIpc) is 3.44. The molecule has 0 bridgehead atoms. The third kappa shape index (κ3) is 2.93. The van der Waals surface area contributed by atoms with Crippen LogP contribution in [0.5, 0.6) is 0 Å². The van der Waals surface area contributed by atoms with E-state index < -0.39 is 0 Å². The number of carbonyl (C=O) groups excluding carboxylic acids is 1.